The third-order valence-electron chi connectivity index (χ3n) is 5.34. The van der Waals surface area contributed by atoms with Gasteiger partial charge in [0.25, 0.3) is 0 Å². The molecule has 0 aliphatic heterocycles. The molecular formula is C26H47NO10. The van der Waals surface area contributed by atoms with E-state index in [9.17, 15) is 0 Å². The topological polar surface area (TPSA) is 140 Å². The van der Waals surface area contributed by atoms with Gasteiger partial charge in [-0.2, -0.15) is 0 Å². The fourth-order valence-electron chi connectivity index (χ4n) is 3.70. The van der Waals surface area contributed by atoms with Gasteiger partial charge in [-0.05, 0) is 25.0 Å². The zero-order valence-electron chi connectivity index (χ0n) is 22.4. The molecule has 0 aliphatic carbocycles. The number of benzene rings is 1. The molecule has 2 unspecified atom stereocenters. The number of aliphatic hydroxyl groups excluding tert-OH is 4. The Balaban J connectivity index is 2.64. The van der Waals surface area contributed by atoms with Crippen molar-refractivity contribution < 1.29 is 48.8 Å². The highest BCUT2D eigenvalue weighted by molar-refractivity contribution is 5.58. The molecule has 0 heterocycles. The highest BCUT2D eigenvalue weighted by Crippen LogP contribution is 2.24. The lowest BCUT2D eigenvalue weighted by Gasteiger charge is -2.29. The number of aryl methyl sites for hydroxylation is 2. The second kappa shape index (κ2) is 22.6. The maximum Gasteiger partial charge on any atom is 0.104 e. The van der Waals surface area contributed by atoms with Crippen LogP contribution < -0.4 is 4.90 Å². The van der Waals surface area contributed by atoms with Gasteiger partial charge in [-0.15, -0.1) is 0 Å². The summed E-state index contributed by atoms with van der Waals surface area (Å²) in [6, 6.07) is 6.18. The lowest BCUT2D eigenvalue weighted by molar-refractivity contribution is -0.0708. The Morgan fingerprint density at radius 2 is 0.973 bits per heavy atom. The van der Waals surface area contributed by atoms with E-state index in [1.165, 1.54) is 0 Å². The van der Waals surface area contributed by atoms with Gasteiger partial charge in [-0.25, -0.2) is 0 Å². The van der Waals surface area contributed by atoms with E-state index in [-0.39, 0.29) is 78.3 Å². The fraction of sp³-hybridized carbons (Fsp3) is 0.769. The lowest BCUT2D eigenvalue weighted by Crippen LogP contribution is -2.35. The van der Waals surface area contributed by atoms with E-state index in [2.05, 4.69) is 30.9 Å². The Labute approximate surface area is 220 Å². The van der Waals surface area contributed by atoms with Gasteiger partial charge in [0.1, 0.15) is 12.2 Å². The Kier molecular flexibility index (Phi) is 20.5. The van der Waals surface area contributed by atoms with Gasteiger partial charge in [0.2, 0.25) is 0 Å². The monoisotopic (exact) mass is 533 g/mol. The standard InChI is InChI=1S/C26H47NO10/c1-22-4-3-5-23(2)26(22)27(6-12-32-18-24(36-16-10-30)20-34-14-8-28)7-13-33-19-25(37-17-11-31)21-35-15-9-29/h3-5,24-25,28-31H,6-21H2,1-2H3. The summed E-state index contributed by atoms with van der Waals surface area (Å²) < 4.78 is 33.6. The molecule has 11 heteroatoms. The number of hydrogen-bond donors (Lipinski definition) is 4. The van der Waals surface area contributed by atoms with Gasteiger partial charge >= 0.3 is 0 Å². The number of ether oxygens (including phenoxy) is 6. The molecular weight excluding hydrogens is 486 g/mol. The number of aliphatic hydroxyl groups is 4. The smallest absolute Gasteiger partial charge is 0.104 e. The summed E-state index contributed by atoms with van der Waals surface area (Å²) in [5.74, 6) is 0. The molecule has 4 N–H and O–H groups in total. The summed E-state index contributed by atoms with van der Waals surface area (Å²) in [6.07, 6.45) is -0.667. The molecule has 0 amide bonds. The molecule has 37 heavy (non-hydrogen) atoms. The zero-order chi connectivity index (χ0) is 27.1. The van der Waals surface area contributed by atoms with Crippen LogP contribution in [0.5, 0.6) is 0 Å². The molecule has 0 saturated heterocycles. The molecule has 0 saturated carbocycles. The fourth-order valence-corrected chi connectivity index (χ4v) is 3.70. The van der Waals surface area contributed by atoms with Crippen molar-refractivity contribution in [3.63, 3.8) is 0 Å². The van der Waals surface area contributed by atoms with Gasteiger partial charge < -0.3 is 53.7 Å². The average Bonchev–Trinajstić information content (AvgIpc) is 2.89. The minimum absolute atomic E-state index is 0.0651. The number of hydrogen-bond acceptors (Lipinski definition) is 11. The van der Waals surface area contributed by atoms with E-state index in [1.807, 2.05) is 6.07 Å². The largest absolute Gasteiger partial charge is 0.394 e. The normalized spacial score (nSPS) is 13.1. The quantitative estimate of drug-likeness (QED) is 0.125. The molecule has 0 bridgehead atoms. The van der Waals surface area contributed by atoms with Crippen LogP contribution in [0.15, 0.2) is 18.2 Å². The first-order chi connectivity index (χ1) is 18.1. The SMILES string of the molecule is Cc1cccc(C)c1N(CCOCC(COCCO)OCCO)CCOCC(COCCO)OCCO. The molecule has 0 fully saturated rings. The molecule has 2 atom stereocenters. The Hall–Kier alpha value is -1.38. The van der Waals surface area contributed by atoms with E-state index in [0.717, 1.165) is 16.8 Å². The van der Waals surface area contributed by atoms with Gasteiger partial charge in [0, 0.05) is 18.8 Å². The minimum atomic E-state index is -0.334. The highest BCUT2D eigenvalue weighted by Gasteiger charge is 2.15. The van der Waals surface area contributed by atoms with Gasteiger partial charge in [0.05, 0.1) is 92.5 Å². The van der Waals surface area contributed by atoms with Crippen LogP contribution >= 0.6 is 0 Å². The summed E-state index contributed by atoms with van der Waals surface area (Å²) >= 11 is 0. The molecule has 1 aromatic rings. The van der Waals surface area contributed by atoms with E-state index in [0.29, 0.717) is 39.5 Å². The summed E-state index contributed by atoms with van der Waals surface area (Å²) in [6.45, 7) is 7.98. The first kappa shape index (κ1) is 33.6. The molecule has 0 spiro atoms. The maximum atomic E-state index is 9.04. The molecule has 1 rings (SSSR count). The third kappa shape index (κ3) is 15.6. The summed E-state index contributed by atoms with van der Waals surface area (Å²) in [5.41, 5.74) is 3.44. The summed E-state index contributed by atoms with van der Waals surface area (Å²) in [4.78, 5) is 2.22. The average molecular weight is 534 g/mol. The highest BCUT2D eigenvalue weighted by atomic mass is 16.6. The van der Waals surface area contributed by atoms with Crippen LogP contribution in [0.25, 0.3) is 0 Å². The van der Waals surface area contributed by atoms with Crippen molar-refractivity contribution in [3.05, 3.63) is 29.3 Å². The molecule has 0 radical (unpaired) electrons. The lowest BCUT2D eigenvalue weighted by atomic mass is 10.1. The van der Waals surface area contributed by atoms with Crippen molar-refractivity contribution in [3.8, 4) is 0 Å². The van der Waals surface area contributed by atoms with E-state index < -0.39 is 0 Å². The second-order valence-corrected chi connectivity index (χ2v) is 8.41. The minimum Gasteiger partial charge on any atom is -0.394 e. The predicted molar refractivity (Wildman–Crippen MR) is 139 cm³/mol. The van der Waals surface area contributed by atoms with Crippen molar-refractivity contribution in [2.24, 2.45) is 0 Å². The molecule has 1 aromatic carbocycles. The molecule has 11 nitrogen and oxygen atoms in total. The van der Waals surface area contributed by atoms with Crippen molar-refractivity contribution in [2.45, 2.75) is 26.1 Å². The molecule has 0 aliphatic rings. The van der Waals surface area contributed by atoms with Gasteiger partial charge in [0.15, 0.2) is 0 Å². The van der Waals surface area contributed by atoms with E-state index in [4.69, 9.17) is 48.8 Å². The van der Waals surface area contributed by atoms with Crippen LogP contribution in [-0.4, -0.2) is 138 Å². The van der Waals surface area contributed by atoms with Crippen molar-refractivity contribution >= 4 is 5.69 Å². The first-order valence-corrected chi connectivity index (χ1v) is 12.9. The first-order valence-electron chi connectivity index (χ1n) is 12.9. The van der Waals surface area contributed by atoms with Crippen LogP contribution in [0.3, 0.4) is 0 Å². The van der Waals surface area contributed by atoms with Gasteiger partial charge in [-0.1, -0.05) is 18.2 Å². The van der Waals surface area contributed by atoms with Crippen molar-refractivity contribution in [2.75, 3.05) is 110 Å². The molecule has 216 valence electrons. The van der Waals surface area contributed by atoms with Crippen molar-refractivity contribution in [1.82, 2.24) is 0 Å². The maximum absolute atomic E-state index is 9.04. The second-order valence-electron chi connectivity index (χ2n) is 8.41. The summed E-state index contributed by atoms with van der Waals surface area (Å²) in [7, 11) is 0. The van der Waals surface area contributed by atoms with Crippen molar-refractivity contribution in [1.29, 1.82) is 0 Å². The van der Waals surface area contributed by atoms with E-state index in [1.54, 1.807) is 0 Å². The Morgan fingerprint density at radius 3 is 1.35 bits per heavy atom. The number of rotatable bonds is 25. The zero-order valence-corrected chi connectivity index (χ0v) is 22.4. The Morgan fingerprint density at radius 1 is 0.595 bits per heavy atom. The predicted octanol–water partition coefficient (Wildman–Crippen LogP) is -0.0842. The van der Waals surface area contributed by atoms with Crippen LogP contribution in [0, 0.1) is 13.8 Å². The summed E-state index contributed by atoms with van der Waals surface area (Å²) in [5, 5.41) is 35.9. The number of para-hydroxylation sites is 1. The van der Waals surface area contributed by atoms with Crippen LogP contribution in [-0.2, 0) is 28.4 Å². The van der Waals surface area contributed by atoms with Gasteiger partial charge in [-0.3, -0.25) is 0 Å². The molecule has 0 aromatic heterocycles. The van der Waals surface area contributed by atoms with Crippen LogP contribution in [0.1, 0.15) is 11.1 Å². The third-order valence-corrected chi connectivity index (χ3v) is 5.34. The Bertz CT molecular complexity index is 616. The number of nitrogens with zero attached hydrogens (tertiary/aromatic N) is 1. The van der Waals surface area contributed by atoms with Crippen LogP contribution in [0.4, 0.5) is 5.69 Å². The van der Waals surface area contributed by atoms with Crippen LogP contribution in [0.2, 0.25) is 0 Å². The number of anilines is 1. The van der Waals surface area contributed by atoms with E-state index >= 15 is 0 Å².